The first kappa shape index (κ1) is 44.1. The van der Waals surface area contributed by atoms with Crippen LogP contribution in [0.25, 0.3) is 0 Å². The Kier molecular flexibility index (Phi) is 16.3. The molecule has 0 saturated carbocycles. The third kappa shape index (κ3) is 11.2. The normalized spacial score (nSPS) is 16.1. The Balaban J connectivity index is 3.17. The summed E-state index contributed by atoms with van der Waals surface area (Å²) in [6.45, 7) is 13.6. The zero-order valence-corrected chi connectivity index (χ0v) is 31.8. The number of ether oxygens (including phenoxy) is 6. The summed E-state index contributed by atoms with van der Waals surface area (Å²) < 4.78 is 36.6. The summed E-state index contributed by atoms with van der Waals surface area (Å²) in [6.07, 6.45) is -4.65. The average molecular weight is 735 g/mol. The topological polar surface area (TPSA) is 196 Å². The maximum atomic E-state index is 13.6. The van der Waals surface area contributed by atoms with Crippen LogP contribution in [0.15, 0.2) is 48.5 Å². The van der Waals surface area contributed by atoms with Gasteiger partial charge in [-0.2, -0.15) is 0 Å². The molecule has 0 aromatic heterocycles. The number of nitro groups is 2. The zero-order valence-electron chi connectivity index (χ0n) is 31.8. The molecule has 0 radical (unpaired) electrons. The van der Waals surface area contributed by atoms with Gasteiger partial charge in [-0.1, -0.05) is 20.3 Å². The number of non-ortho nitro benzene ring substituents is 2. The highest BCUT2D eigenvalue weighted by atomic mass is 16.7. The minimum Gasteiger partial charge on any atom is -0.435 e. The molecule has 52 heavy (non-hydrogen) atoms. The first-order valence-electron chi connectivity index (χ1n) is 17.2. The standard InChI is InChI=1S/C37H54N2O13/c1-11-13-23-49-30(25-16-20-27(21-17-25)39(45)46)37(42,34(48-10)52-33(41)36(6,7)8)28(31(50-22-12-2)51-32(40)35(3,4)5)29(47-9)24-14-18-26(19-15-24)38(43)44/h14-21,28-31,34,42H,11-13,22-23H2,1-10H3. The summed E-state index contributed by atoms with van der Waals surface area (Å²) in [7, 11) is 2.53. The summed E-state index contributed by atoms with van der Waals surface area (Å²) in [5, 5.41) is 36.8. The molecule has 290 valence electrons. The van der Waals surface area contributed by atoms with E-state index in [1.807, 2.05) is 13.8 Å². The predicted octanol–water partition coefficient (Wildman–Crippen LogP) is 7.00. The number of benzene rings is 2. The SMILES string of the molecule is CCCCOC(c1ccc([N+](=O)[O-])cc1)C(O)(C(OC)OC(=O)C(C)(C)C)C(C(OCCC)OC(=O)C(C)(C)C)C(OC)c1ccc([N+](=O)[O-])cc1. The Morgan fingerprint density at radius 1 is 0.712 bits per heavy atom. The molecule has 6 unspecified atom stereocenters. The van der Waals surface area contributed by atoms with E-state index >= 15 is 0 Å². The fraction of sp³-hybridized carbons (Fsp3) is 0.622. The predicted molar refractivity (Wildman–Crippen MR) is 190 cm³/mol. The van der Waals surface area contributed by atoms with E-state index in [9.17, 15) is 34.9 Å². The summed E-state index contributed by atoms with van der Waals surface area (Å²) in [5.74, 6) is -3.05. The van der Waals surface area contributed by atoms with E-state index < -0.39 is 68.9 Å². The highest BCUT2D eigenvalue weighted by molar-refractivity contribution is 5.76. The molecule has 0 amide bonds. The number of unbranched alkanes of at least 4 members (excludes halogenated alkanes) is 1. The molecule has 0 aliphatic rings. The van der Waals surface area contributed by atoms with E-state index in [1.165, 1.54) is 62.8 Å². The minimum absolute atomic E-state index is 0.0314. The van der Waals surface area contributed by atoms with E-state index in [0.717, 1.165) is 0 Å². The van der Waals surface area contributed by atoms with Gasteiger partial charge in [-0.05, 0) is 89.8 Å². The largest absolute Gasteiger partial charge is 0.435 e. The van der Waals surface area contributed by atoms with Crippen LogP contribution in [0.1, 0.15) is 98.0 Å². The molecule has 1 N–H and O–H groups in total. The van der Waals surface area contributed by atoms with Gasteiger partial charge in [-0.15, -0.1) is 0 Å². The van der Waals surface area contributed by atoms with Crippen molar-refractivity contribution in [2.45, 2.75) is 105 Å². The monoisotopic (exact) mass is 734 g/mol. The van der Waals surface area contributed by atoms with E-state index in [1.54, 1.807) is 41.5 Å². The van der Waals surface area contributed by atoms with E-state index in [-0.39, 0.29) is 30.2 Å². The summed E-state index contributed by atoms with van der Waals surface area (Å²) >= 11 is 0. The van der Waals surface area contributed by atoms with E-state index in [0.29, 0.717) is 24.8 Å². The van der Waals surface area contributed by atoms with Crippen molar-refractivity contribution in [1.29, 1.82) is 0 Å². The Morgan fingerprint density at radius 2 is 1.19 bits per heavy atom. The molecule has 0 aliphatic heterocycles. The number of hydrogen-bond acceptors (Lipinski definition) is 13. The van der Waals surface area contributed by atoms with Crippen LogP contribution in [0.4, 0.5) is 11.4 Å². The lowest BCUT2D eigenvalue weighted by atomic mass is 9.73. The maximum Gasteiger partial charge on any atom is 0.313 e. The first-order chi connectivity index (χ1) is 24.3. The maximum absolute atomic E-state index is 13.6. The van der Waals surface area contributed by atoms with Crippen molar-refractivity contribution < 1.29 is 53.0 Å². The molecule has 0 bridgehead atoms. The number of nitro benzene ring substituents is 2. The molecule has 0 saturated heterocycles. The van der Waals surface area contributed by atoms with Crippen LogP contribution in [0.2, 0.25) is 0 Å². The van der Waals surface area contributed by atoms with Gasteiger partial charge in [0.25, 0.3) is 11.4 Å². The third-order valence-corrected chi connectivity index (χ3v) is 8.19. The number of hydrogen-bond donors (Lipinski definition) is 1. The molecule has 6 atom stereocenters. The lowest BCUT2D eigenvalue weighted by Gasteiger charge is -2.49. The van der Waals surface area contributed by atoms with Crippen molar-refractivity contribution in [3.63, 3.8) is 0 Å². The Labute approximate surface area is 305 Å². The number of methoxy groups -OCH3 is 2. The number of carbonyl (C=O) groups is 2. The Morgan fingerprint density at radius 3 is 1.60 bits per heavy atom. The molecular weight excluding hydrogens is 680 g/mol. The number of nitrogens with zero attached hydrogens (tertiary/aromatic N) is 2. The van der Waals surface area contributed by atoms with Crippen molar-refractivity contribution in [1.82, 2.24) is 0 Å². The second-order valence-corrected chi connectivity index (χ2v) is 14.5. The average Bonchev–Trinajstić information content (AvgIpc) is 3.08. The van der Waals surface area contributed by atoms with Gasteiger partial charge in [0.15, 0.2) is 5.60 Å². The molecular formula is C37H54N2O13. The lowest BCUT2D eigenvalue weighted by Crippen LogP contribution is -2.62. The molecule has 0 heterocycles. The molecule has 0 spiro atoms. The molecule has 0 fully saturated rings. The fourth-order valence-electron chi connectivity index (χ4n) is 5.28. The highest BCUT2D eigenvalue weighted by Gasteiger charge is 2.61. The van der Waals surface area contributed by atoms with Gasteiger partial charge in [0.2, 0.25) is 12.6 Å². The quantitative estimate of drug-likeness (QED) is 0.0480. The van der Waals surface area contributed by atoms with Crippen LogP contribution in [0.5, 0.6) is 0 Å². The van der Waals surface area contributed by atoms with E-state index in [4.69, 9.17) is 28.4 Å². The van der Waals surface area contributed by atoms with E-state index in [2.05, 4.69) is 0 Å². The van der Waals surface area contributed by atoms with Gasteiger partial charge in [0.05, 0.1) is 39.3 Å². The van der Waals surface area contributed by atoms with Crippen LogP contribution in [-0.2, 0) is 38.0 Å². The Bertz CT molecular complexity index is 1470. The van der Waals surface area contributed by atoms with Gasteiger partial charge in [0.1, 0.15) is 6.10 Å². The molecule has 2 aromatic rings. The van der Waals surface area contributed by atoms with Crippen LogP contribution in [-0.4, -0.2) is 72.5 Å². The second kappa shape index (κ2) is 19.2. The molecule has 15 heteroatoms. The Hall–Kier alpha value is -4.02. The third-order valence-electron chi connectivity index (χ3n) is 8.19. The van der Waals surface area contributed by atoms with Crippen molar-refractivity contribution in [3.05, 3.63) is 79.9 Å². The number of rotatable bonds is 20. The first-order valence-corrected chi connectivity index (χ1v) is 17.2. The van der Waals surface area contributed by atoms with Gasteiger partial charge < -0.3 is 33.5 Å². The smallest absolute Gasteiger partial charge is 0.313 e. The molecule has 2 aromatic carbocycles. The van der Waals surface area contributed by atoms with Crippen molar-refractivity contribution in [2.75, 3.05) is 27.4 Å². The highest BCUT2D eigenvalue weighted by Crippen LogP contribution is 2.49. The van der Waals surface area contributed by atoms with Gasteiger partial charge in [-0.3, -0.25) is 29.8 Å². The van der Waals surface area contributed by atoms with Gasteiger partial charge in [-0.25, -0.2) is 0 Å². The molecule has 0 aliphatic carbocycles. The van der Waals surface area contributed by atoms with Crippen molar-refractivity contribution in [3.8, 4) is 0 Å². The number of carbonyl (C=O) groups excluding carboxylic acids is 2. The second-order valence-electron chi connectivity index (χ2n) is 14.5. The van der Waals surface area contributed by atoms with Crippen LogP contribution < -0.4 is 0 Å². The molecule has 15 nitrogen and oxygen atoms in total. The summed E-state index contributed by atoms with van der Waals surface area (Å²) in [4.78, 5) is 49.2. The van der Waals surface area contributed by atoms with Crippen molar-refractivity contribution in [2.24, 2.45) is 16.7 Å². The summed E-state index contributed by atoms with van der Waals surface area (Å²) in [5.41, 5.74) is -4.67. The fourth-order valence-corrected chi connectivity index (χ4v) is 5.28. The minimum atomic E-state index is -2.58. The lowest BCUT2D eigenvalue weighted by molar-refractivity contribution is -0.385. The van der Waals surface area contributed by atoms with Crippen molar-refractivity contribution >= 4 is 23.3 Å². The van der Waals surface area contributed by atoms with Crippen LogP contribution in [0, 0.1) is 37.0 Å². The molecule has 2 rings (SSSR count). The van der Waals surface area contributed by atoms with Gasteiger partial charge in [0, 0.05) is 45.1 Å². The zero-order chi connectivity index (χ0) is 39.4. The summed E-state index contributed by atoms with van der Waals surface area (Å²) in [6, 6.07) is 10.6. The van der Waals surface area contributed by atoms with Crippen LogP contribution >= 0.6 is 0 Å². The number of esters is 2. The van der Waals surface area contributed by atoms with Gasteiger partial charge >= 0.3 is 11.9 Å². The van der Waals surface area contributed by atoms with Crippen LogP contribution in [0.3, 0.4) is 0 Å². The number of aliphatic hydroxyl groups is 1.